The Balaban J connectivity index is 1.88. The van der Waals surface area contributed by atoms with Gasteiger partial charge in [-0.15, -0.1) is 0 Å². The van der Waals surface area contributed by atoms with Crippen molar-refractivity contribution < 1.29 is 0 Å². The number of rotatable bonds is 3. The number of aryl methyl sites for hydroxylation is 2. The molecule has 0 fully saturated rings. The Morgan fingerprint density at radius 3 is 2.55 bits per heavy atom. The maximum Gasteiger partial charge on any atom is 0.157 e. The van der Waals surface area contributed by atoms with Crippen molar-refractivity contribution in [1.82, 2.24) is 15.2 Å². The first-order valence-corrected chi connectivity index (χ1v) is 7.15. The van der Waals surface area contributed by atoms with Crippen molar-refractivity contribution in [2.75, 3.05) is 5.32 Å². The van der Waals surface area contributed by atoms with E-state index in [4.69, 9.17) is 5.26 Å². The molecule has 2 N–H and O–H groups in total. The highest BCUT2D eigenvalue weighted by Gasteiger charge is 2.12. The van der Waals surface area contributed by atoms with Crippen molar-refractivity contribution in [3.63, 3.8) is 0 Å². The lowest BCUT2D eigenvalue weighted by Gasteiger charge is -2.08. The van der Waals surface area contributed by atoms with E-state index < -0.39 is 0 Å². The van der Waals surface area contributed by atoms with Gasteiger partial charge in [-0.25, -0.2) is 4.98 Å². The summed E-state index contributed by atoms with van der Waals surface area (Å²) in [5, 5.41) is 20.5. The van der Waals surface area contributed by atoms with Crippen LogP contribution in [0.4, 0.5) is 5.82 Å². The first-order valence-electron chi connectivity index (χ1n) is 7.15. The molecule has 0 aliphatic carbocycles. The van der Waals surface area contributed by atoms with Gasteiger partial charge in [0.15, 0.2) is 11.5 Å². The topological polar surface area (TPSA) is 77.4 Å². The van der Waals surface area contributed by atoms with E-state index in [0.29, 0.717) is 12.1 Å². The molecule has 1 aromatic carbocycles. The van der Waals surface area contributed by atoms with Crippen molar-refractivity contribution in [3.8, 4) is 6.07 Å². The van der Waals surface area contributed by atoms with Crippen molar-refractivity contribution >= 4 is 16.9 Å². The fraction of sp³-hybridized carbons (Fsp3) is 0.235. The SMILES string of the molecule is Cc1nc2[nH]nc(NCc3ccc(C#N)cc3)c2c(C)c1C. The summed E-state index contributed by atoms with van der Waals surface area (Å²) in [7, 11) is 0. The Labute approximate surface area is 129 Å². The van der Waals surface area contributed by atoms with Gasteiger partial charge in [-0.1, -0.05) is 12.1 Å². The molecular formula is C17H17N5. The molecule has 22 heavy (non-hydrogen) atoms. The summed E-state index contributed by atoms with van der Waals surface area (Å²) < 4.78 is 0. The highest BCUT2D eigenvalue weighted by molar-refractivity contribution is 5.91. The molecule has 3 aromatic rings. The second kappa shape index (κ2) is 5.49. The molecular weight excluding hydrogens is 274 g/mol. The third-order valence-electron chi connectivity index (χ3n) is 4.05. The molecule has 0 saturated carbocycles. The van der Waals surface area contributed by atoms with Crippen LogP contribution >= 0.6 is 0 Å². The number of pyridine rings is 1. The number of benzene rings is 1. The van der Waals surface area contributed by atoms with E-state index >= 15 is 0 Å². The lowest BCUT2D eigenvalue weighted by Crippen LogP contribution is -2.01. The zero-order valence-corrected chi connectivity index (χ0v) is 12.9. The predicted molar refractivity (Wildman–Crippen MR) is 86.6 cm³/mol. The zero-order chi connectivity index (χ0) is 15.7. The molecule has 0 aliphatic heterocycles. The average molecular weight is 291 g/mol. The van der Waals surface area contributed by atoms with Gasteiger partial charge in [-0.2, -0.15) is 10.4 Å². The average Bonchev–Trinajstić information content (AvgIpc) is 2.94. The molecule has 0 atom stereocenters. The molecule has 3 rings (SSSR count). The van der Waals surface area contributed by atoms with E-state index in [1.54, 1.807) is 0 Å². The fourth-order valence-electron chi connectivity index (χ4n) is 2.49. The molecule has 0 amide bonds. The van der Waals surface area contributed by atoms with Crippen molar-refractivity contribution in [1.29, 1.82) is 5.26 Å². The quantitative estimate of drug-likeness (QED) is 0.775. The number of fused-ring (bicyclic) bond motifs is 1. The fourth-order valence-corrected chi connectivity index (χ4v) is 2.49. The molecule has 0 aliphatic rings. The predicted octanol–water partition coefficient (Wildman–Crippen LogP) is 3.37. The summed E-state index contributed by atoms with van der Waals surface area (Å²) in [6, 6.07) is 9.65. The maximum absolute atomic E-state index is 8.82. The molecule has 0 saturated heterocycles. The van der Waals surface area contributed by atoms with Crippen molar-refractivity contribution in [2.45, 2.75) is 27.3 Å². The number of aromatic nitrogens is 3. The second-order valence-electron chi connectivity index (χ2n) is 5.41. The first-order chi connectivity index (χ1) is 10.6. The van der Waals surface area contributed by atoms with Gasteiger partial charge in [0.25, 0.3) is 0 Å². The normalized spacial score (nSPS) is 10.6. The number of nitrogens with one attached hydrogen (secondary N) is 2. The van der Waals surface area contributed by atoms with Crippen LogP contribution in [0.3, 0.4) is 0 Å². The lowest BCUT2D eigenvalue weighted by atomic mass is 10.1. The Hall–Kier alpha value is -2.87. The largest absolute Gasteiger partial charge is 0.364 e. The minimum absolute atomic E-state index is 0.651. The number of H-pyrrole nitrogens is 1. The van der Waals surface area contributed by atoms with Gasteiger partial charge in [-0.3, -0.25) is 5.10 Å². The van der Waals surface area contributed by atoms with Gasteiger partial charge < -0.3 is 5.32 Å². The summed E-state index contributed by atoms with van der Waals surface area (Å²) in [6.07, 6.45) is 0. The highest BCUT2D eigenvalue weighted by Crippen LogP contribution is 2.26. The molecule has 5 heteroatoms. The van der Waals surface area contributed by atoms with Gasteiger partial charge >= 0.3 is 0 Å². The Morgan fingerprint density at radius 2 is 1.86 bits per heavy atom. The summed E-state index contributed by atoms with van der Waals surface area (Å²) in [6.45, 7) is 6.83. The third-order valence-corrected chi connectivity index (χ3v) is 4.05. The standard InChI is InChI=1S/C17H17N5/c1-10-11(2)15-16(21-22-17(15)20-12(10)3)19-9-14-6-4-13(8-18)5-7-14/h4-7H,9H2,1-3H3,(H2,19,20,21,22). The summed E-state index contributed by atoms with van der Waals surface area (Å²) in [5.74, 6) is 0.812. The minimum atomic E-state index is 0.651. The van der Waals surface area contributed by atoms with Gasteiger partial charge in [0.1, 0.15) is 0 Å². The van der Waals surface area contributed by atoms with Gasteiger partial charge in [-0.05, 0) is 49.6 Å². The Kier molecular flexibility index (Phi) is 3.51. The van der Waals surface area contributed by atoms with Gasteiger partial charge in [0.05, 0.1) is 17.0 Å². The molecule has 0 spiro atoms. The van der Waals surface area contributed by atoms with Crippen LogP contribution in [0.15, 0.2) is 24.3 Å². The smallest absolute Gasteiger partial charge is 0.157 e. The van der Waals surface area contributed by atoms with Crippen LogP contribution < -0.4 is 5.32 Å². The molecule has 0 bridgehead atoms. The third kappa shape index (κ3) is 2.40. The van der Waals surface area contributed by atoms with E-state index in [-0.39, 0.29) is 0 Å². The van der Waals surface area contributed by atoms with Crippen LogP contribution in [0.5, 0.6) is 0 Å². The molecule has 2 heterocycles. The van der Waals surface area contributed by atoms with Crippen molar-refractivity contribution in [3.05, 3.63) is 52.2 Å². The van der Waals surface area contributed by atoms with E-state index in [0.717, 1.165) is 28.1 Å². The summed E-state index contributed by atoms with van der Waals surface area (Å²) >= 11 is 0. The molecule has 110 valence electrons. The van der Waals surface area contributed by atoms with Crippen LogP contribution in [0.25, 0.3) is 11.0 Å². The van der Waals surface area contributed by atoms with Crippen LogP contribution in [0, 0.1) is 32.1 Å². The van der Waals surface area contributed by atoms with E-state index in [2.05, 4.69) is 40.4 Å². The number of hydrogen-bond donors (Lipinski definition) is 2. The van der Waals surface area contributed by atoms with Gasteiger partial charge in [0, 0.05) is 12.2 Å². The number of nitrogens with zero attached hydrogens (tertiary/aromatic N) is 3. The second-order valence-corrected chi connectivity index (χ2v) is 5.41. The molecule has 0 unspecified atom stereocenters. The van der Waals surface area contributed by atoms with Crippen LogP contribution in [0.1, 0.15) is 27.9 Å². The monoisotopic (exact) mass is 291 g/mol. The highest BCUT2D eigenvalue weighted by atomic mass is 15.2. The zero-order valence-electron chi connectivity index (χ0n) is 12.9. The van der Waals surface area contributed by atoms with Gasteiger partial charge in [0.2, 0.25) is 0 Å². The lowest BCUT2D eigenvalue weighted by molar-refractivity contribution is 1.05. The molecule has 5 nitrogen and oxygen atoms in total. The number of nitriles is 1. The Morgan fingerprint density at radius 1 is 1.14 bits per heavy atom. The van der Waals surface area contributed by atoms with E-state index in [1.807, 2.05) is 31.2 Å². The minimum Gasteiger partial charge on any atom is -0.364 e. The number of aromatic amines is 1. The number of hydrogen-bond acceptors (Lipinski definition) is 4. The maximum atomic E-state index is 8.82. The van der Waals surface area contributed by atoms with E-state index in [1.165, 1.54) is 11.1 Å². The first kappa shape index (κ1) is 14.1. The van der Waals surface area contributed by atoms with Crippen LogP contribution in [0.2, 0.25) is 0 Å². The van der Waals surface area contributed by atoms with Crippen LogP contribution in [-0.2, 0) is 6.54 Å². The van der Waals surface area contributed by atoms with Crippen molar-refractivity contribution in [2.24, 2.45) is 0 Å². The van der Waals surface area contributed by atoms with Crippen LogP contribution in [-0.4, -0.2) is 15.2 Å². The number of anilines is 1. The molecule has 2 aromatic heterocycles. The van der Waals surface area contributed by atoms with E-state index in [9.17, 15) is 0 Å². The summed E-state index contributed by atoms with van der Waals surface area (Å²) in [4.78, 5) is 4.54. The summed E-state index contributed by atoms with van der Waals surface area (Å²) in [5.41, 5.74) is 5.98. The molecule has 0 radical (unpaired) electrons. The Bertz CT molecular complexity index is 869.